The van der Waals surface area contributed by atoms with Gasteiger partial charge >= 0.3 is 12.2 Å². The van der Waals surface area contributed by atoms with Gasteiger partial charge in [-0.05, 0) is 48.0 Å². The molecule has 8 heteroatoms. The Kier molecular flexibility index (Phi) is 7.88. The van der Waals surface area contributed by atoms with Gasteiger partial charge < -0.3 is 24.0 Å². The number of amides is 2. The second-order valence-electron chi connectivity index (χ2n) is 9.28. The molecule has 1 saturated heterocycles. The zero-order chi connectivity index (χ0) is 21.8. The highest BCUT2D eigenvalue weighted by Crippen LogP contribution is 2.29. The fourth-order valence-electron chi connectivity index (χ4n) is 2.91. The van der Waals surface area contributed by atoms with E-state index in [1.54, 1.807) is 48.6 Å². The Morgan fingerprint density at radius 2 is 1.61 bits per heavy atom. The van der Waals surface area contributed by atoms with Crippen molar-refractivity contribution >= 4 is 18.0 Å². The summed E-state index contributed by atoms with van der Waals surface area (Å²) in [6.45, 7) is 11.8. The van der Waals surface area contributed by atoms with Crippen molar-refractivity contribution in [2.75, 3.05) is 33.8 Å². The third-order valence-electron chi connectivity index (χ3n) is 4.38. The van der Waals surface area contributed by atoms with E-state index >= 15 is 0 Å². The molecular formula is C20H36N2O6. The molecule has 162 valence electrons. The van der Waals surface area contributed by atoms with Crippen LogP contribution in [0.1, 0.15) is 60.8 Å². The summed E-state index contributed by atoms with van der Waals surface area (Å²) < 4.78 is 16.2. The van der Waals surface area contributed by atoms with Crippen LogP contribution in [-0.4, -0.2) is 78.4 Å². The van der Waals surface area contributed by atoms with E-state index in [2.05, 4.69) is 0 Å². The van der Waals surface area contributed by atoms with Crippen molar-refractivity contribution in [3.8, 4) is 0 Å². The van der Waals surface area contributed by atoms with Crippen molar-refractivity contribution in [1.82, 2.24) is 9.80 Å². The van der Waals surface area contributed by atoms with Gasteiger partial charge in [0.25, 0.3) is 0 Å². The molecule has 1 heterocycles. The molecule has 1 aliphatic heterocycles. The van der Waals surface area contributed by atoms with E-state index in [9.17, 15) is 14.4 Å². The van der Waals surface area contributed by atoms with Crippen LogP contribution in [0.2, 0.25) is 0 Å². The molecule has 28 heavy (non-hydrogen) atoms. The maximum absolute atomic E-state index is 12.8. The smallest absolute Gasteiger partial charge is 0.410 e. The van der Waals surface area contributed by atoms with Crippen LogP contribution in [0, 0.1) is 0 Å². The van der Waals surface area contributed by atoms with Gasteiger partial charge in [0, 0.05) is 40.1 Å². The number of ether oxygens (including phenoxy) is 3. The molecule has 0 aliphatic carbocycles. The standard InChI is InChI=1S/C20H36N2O6/c1-18(2,3)27-16(24)21(7)12-9-10-15(23)20(26-8)11-13-22(14-20)17(25)28-19(4,5)6/h9-14H2,1-8H3/t20-/m0/s1. The normalized spacial score (nSPS) is 20.1. The number of methoxy groups -OCH3 is 1. The van der Waals surface area contributed by atoms with Crippen molar-refractivity contribution in [3.05, 3.63) is 0 Å². The summed E-state index contributed by atoms with van der Waals surface area (Å²) in [5.74, 6) is -0.0707. The molecule has 0 aromatic heterocycles. The number of hydrogen-bond acceptors (Lipinski definition) is 6. The lowest BCUT2D eigenvalue weighted by Crippen LogP contribution is -2.45. The summed E-state index contributed by atoms with van der Waals surface area (Å²) in [5, 5.41) is 0. The number of nitrogens with zero attached hydrogens (tertiary/aromatic N) is 2. The first-order chi connectivity index (χ1) is 12.7. The molecule has 0 saturated carbocycles. The van der Waals surface area contributed by atoms with E-state index in [0.717, 1.165) is 0 Å². The first-order valence-electron chi connectivity index (χ1n) is 9.70. The van der Waals surface area contributed by atoms with Crippen molar-refractivity contribution in [2.24, 2.45) is 0 Å². The summed E-state index contributed by atoms with van der Waals surface area (Å²) in [6.07, 6.45) is 0.320. The summed E-state index contributed by atoms with van der Waals surface area (Å²) >= 11 is 0. The highest BCUT2D eigenvalue weighted by molar-refractivity contribution is 5.89. The first kappa shape index (κ1) is 24.2. The van der Waals surface area contributed by atoms with Crippen LogP contribution in [-0.2, 0) is 19.0 Å². The van der Waals surface area contributed by atoms with Crippen LogP contribution in [0.3, 0.4) is 0 Å². The third-order valence-corrected chi connectivity index (χ3v) is 4.38. The molecule has 8 nitrogen and oxygen atoms in total. The highest BCUT2D eigenvalue weighted by Gasteiger charge is 2.46. The molecule has 0 bridgehead atoms. The third kappa shape index (κ3) is 7.30. The predicted octanol–water partition coefficient (Wildman–Crippen LogP) is 3.23. The Bertz CT molecular complexity index is 578. The minimum atomic E-state index is -1.01. The molecule has 2 amide bonds. The van der Waals surface area contributed by atoms with Gasteiger partial charge in [-0.25, -0.2) is 9.59 Å². The summed E-state index contributed by atoms with van der Waals surface area (Å²) in [7, 11) is 3.13. The first-order valence-corrected chi connectivity index (χ1v) is 9.70. The Morgan fingerprint density at radius 1 is 1.04 bits per heavy atom. The van der Waals surface area contributed by atoms with Gasteiger partial charge in [-0.2, -0.15) is 0 Å². The van der Waals surface area contributed by atoms with Crippen molar-refractivity contribution in [1.29, 1.82) is 0 Å². The molecule has 1 rings (SSSR count). The van der Waals surface area contributed by atoms with Gasteiger partial charge in [0.05, 0.1) is 6.54 Å². The summed E-state index contributed by atoms with van der Waals surface area (Å²) in [4.78, 5) is 40.0. The number of carbonyl (C=O) groups excluding carboxylic acids is 3. The molecular weight excluding hydrogens is 364 g/mol. The lowest BCUT2D eigenvalue weighted by molar-refractivity contribution is -0.139. The van der Waals surface area contributed by atoms with E-state index < -0.39 is 29.0 Å². The summed E-state index contributed by atoms with van der Waals surface area (Å²) in [5.41, 5.74) is -2.16. The van der Waals surface area contributed by atoms with Gasteiger partial charge in [-0.15, -0.1) is 0 Å². The number of carbonyl (C=O) groups is 3. The van der Waals surface area contributed by atoms with Crippen molar-refractivity contribution < 1.29 is 28.6 Å². The highest BCUT2D eigenvalue weighted by atomic mass is 16.6. The van der Waals surface area contributed by atoms with Crippen LogP contribution in [0.4, 0.5) is 9.59 Å². The second-order valence-corrected chi connectivity index (χ2v) is 9.28. The lowest BCUT2D eigenvalue weighted by Gasteiger charge is -2.28. The molecule has 0 radical (unpaired) electrons. The topological polar surface area (TPSA) is 85.4 Å². The van der Waals surface area contributed by atoms with Crippen LogP contribution < -0.4 is 0 Å². The van der Waals surface area contributed by atoms with E-state index in [1.165, 1.54) is 16.9 Å². The van der Waals surface area contributed by atoms with Crippen molar-refractivity contribution in [3.63, 3.8) is 0 Å². The number of ketones is 1. The maximum atomic E-state index is 12.8. The average molecular weight is 401 g/mol. The zero-order valence-electron chi connectivity index (χ0n) is 18.6. The van der Waals surface area contributed by atoms with Crippen molar-refractivity contribution in [2.45, 2.75) is 77.6 Å². The minimum Gasteiger partial charge on any atom is -0.444 e. The van der Waals surface area contributed by atoms with Crippen LogP contribution in [0.5, 0.6) is 0 Å². The molecule has 0 aromatic carbocycles. The molecule has 1 fully saturated rings. The fourth-order valence-corrected chi connectivity index (χ4v) is 2.91. The van der Waals surface area contributed by atoms with Gasteiger partial charge in [0.1, 0.15) is 16.8 Å². The maximum Gasteiger partial charge on any atom is 0.410 e. The number of likely N-dealkylation sites (tertiary alicyclic amines) is 1. The van der Waals surface area contributed by atoms with E-state index in [1.807, 2.05) is 0 Å². The molecule has 0 spiro atoms. The number of Topliss-reactive ketones (excluding diaryl/α,β-unsaturated/α-hetero) is 1. The van der Waals surface area contributed by atoms with Gasteiger partial charge in [-0.1, -0.05) is 0 Å². The average Bonchev–Trinajstić information content (AvgIpc) is 2.97. The Balaban J connectivity index is 2.56. The minimum absolute atomic E-state index is 0.0707. The Morgan fingerprint density at radius 3 is 2.11 bits per heavy atom. The Labute approximate surface area is 168 Å². The van der Waals surface area contributed by atoms with E-state index in [0.29, 0.717) is 25.9 Å². The molecule has 0 unspecified atom stereocenters. The van der Waals surface area contributed by atoms with Crippen LogP contribution in [0.15, 0.2) is 0 Å². The number of hydrogen-bond donors (Lipinski definition) is 0. The van der Waals surface area contributed by atoms with Gasteiger partial charge in [0.2, 0.25) is 0 Å². The largest absolute Gasteiger partial charge is 0.444 e. The molecule has 1 atom stereocenters. The molecule has 0 N–H and O–H groups in total. The SMILES string of the molecule is CO[C@@]1(C(=O)CCCN(C)C(=O)OC(C)(C)C)CCN(C(=O)OC(C)(C)C)C1. The molecule has 0 aromatic rings. The second kappa shape index (κ2) is 9.11. The fraction of sp³-hybridized carbons (Fsp3) is 0.850. The van der Waals surface area contributed by atoms with Crippen LogP contribution >= 0.6 is 0 Å². The molecule has 1 aliphatic rings. The van der Waals surface area contributed by atoms with E-state index in [4.69, 9.17) is 14.2 Å². The van der Waals surface area contributed by atoms with E-state index in [-0.39, 0.29) is 18.7 Å². The van der Waals surface area contributed by atoms with Crippen LogP contribution in [0.25, 0.3) is 0 Å². The van der Waals surface area contributed by atoms with Gasteiger partial charge in [-0.3, -0.25) is 4.79 Å². The number of rotatable bonds is 6. The lowest BCUT2D eigenvalue weighted by atomic mass is 9.93. The predicted molar refractivity (Wildman–Crippen MR) is 105 cm³/mol. The monoisotopic (exact) mass is 400 g/mol. The van der Waals surface area contributed by atoms with Gasteiger partial charge in [0.15, 0.2) is 5.78 Å². The zero-order valence-corrected chi connectivity index (χ0v) is 18.6. The summed E-state index contributed by atoms with van der Waals surface area (Å²) in [6, 6.07) is 0. The quantitative estimate of drug-likeness (QED) is 0.680. The Hall–Kier alpha value is -1.83.